The molecule has 1 unspecified atom stereocenters. The molecule has 2 saturated carbocycles. The second-order valence-corrected chi connectivity index (χ2v) is 12.2. The molecule has 3 aliphatic heterocycles. The summed E-state index contributed by atoms with van der Waals surface area (Å²) in [4.78, 5) is 37.6. The quantitative estimate of drug-likeness (QED) is 0.346. The molecule has 0 amide bonds. The Balaban J connectivity index is 1.67. The fourth-order valence-electron chi connectivity index (χ4n) is 7.92. The lowest BCUT2D eigenvalue weighted by Gasteiger charge is -2.70. The molecule has 190 valence electrons. The normalized spacial score (nSPS) is 49.4. The van der Waals surface area contributed by atoms with Crippen molar-refractivity contribution in [2.24, 2.45) is 22.7 Å². The Hall–Kier alpha value is -1.67. The van der Waals surface area contributed by atoms with Crippen molar-refractivity contribution in [2.75, 3.05) is 13.2 Å². The van der Waals surface area contributed by atoms with Gasteiger partial charge in [0.05, 0.1) is 18.9 Å². The van der Waals surface area contributed by atoms with Gasteiger partial charge in [-0.05, 0) is 38.5 Å². The van der Waals surface area contributed by atoms with Gasteiger partial charge in [0, 0.05) is 17.8 Å². The van der Waals surface area contributed by atoms with Crippen LogP contribution in [0.4, 0.5) is 0 Å². The summed E-state index contributed by atoms with van der Waals surface area (Å²) in [5.41, 5.74) is -3.07. The van der Waals surface area contributed by atoms with Gasteiger partial charge < -0.3 is 23.7 Å². The molecule has 0 aromatic carbocycles. The minimum absolute atomic E-state index is 0.120. The maximum absolute atomic E-state index is 13.0. The van der Waals surface area contributed by atoms with Crippen LogP contribution < -0.4 is 0 Å². The van der Waals surface area contributed by atoms with E-state index in [1.54, 1.807) is 13.8 Å². The Bertz CT molecular complexity index is 910. The molecule has 8 nitrogen and oxygen atoms in total. The number of carbonyl (C=O) groups excluding carboxylic acids is 3. The zero-order valence-electron chi connectivity index (χ0n) is 21.2. The number of hydrogen-bond donors (Lipinski definition) is 0. The van der Waals surface area contributed by atoms with Gasteiger partial charge in [0.25, 0.3) is 0 Å². The first-order valence-corrected chi connectivity index (χ1v) is 12.7. The van der Waals surface area contributed by atoms with Gasteiger partial charge in [0.1, 0.15) is 29.5 Å². The molecule has 3 saturated heterocycles. The summed E-state index contributed by atoms with van der Waals surface area (Å²) >= 11 is 0. The maximum Gasteiger partial charge on any atom is 0.308 e. The van der Waals surface area contributed by atoms with Crippen molar-refractivity contribution in [3.8, 4) is 0 Å². The molecule has 0 N–H and O–H groups in total. The molecule has 8 atom stereocenters. The Morgan fingerprint density at radius 1 is 1.03 bits per heavy atom. The molecule has 2 spiro atoms. The highest BCUT2D eigenvalue weighted by atomic mass is 16.6. The third-order valence-corrected chi connectivity index (χ3v) is 10.1. The van der Waals surface area contributed by atoms with Gasteiger partial charge >= 0.3 is 17.9 Å². The SMILES string of the molecule is CC(=O)O[C@H]1[C@H](OC(=O)C(C)C)[C@]2(C)OC3(CC[C@]2(C)[C@H]2CCC[C@]4(CO4)[C@]12C)COC(=O)C3. The first kappa shape index (κ1) is 24.0. The summed E-state index contributed by atoms with van der Waals surface area (Å²) in [6.45, 7) is 12.1. The first-order chi connectivity index (χ1) is 15.8. The van der Waals surface area contributed by atoms with Gasteiger partial charge in [0.2, 0.25) is 0 Å². The molecule has 34 heavy (non-hydrogen) atoms. The molecule has 3 heterocycles. The van der Waals surface area contributed by atoms with Crippen LogP contribution in [0.15, 0.2) is 0 Å². The van der Waals surface area contributed by atoms with E-state index in [-0.39, 0.29) is 36.8 Å². The number of fused-ring (bicyclic) bond motifs is 4. The summed E-state index contributed by atoms with van der Waals surface area (Å²) in [5.74, 6) is -1.30. The van der Waals surface area contributed by atoms with E-state index < -0.39 is 45.8 Å². The van der Waals surface area contributed by atoms with Gasteiger partial charge in [-0.25, -0.2) is 0 Å². The largest absolute Gasteiger partial charge is 0.463 e. The molecular formula is C26H38O8. The monoisotopic (exact) mass is 478 g/mol. The van der Waals surface area contributed by atoms with Gasteiger partial charge in [0.15, 0.2) is 6.10 Å². The molecule has 2 aliphatic carbocycles. The molecule has 5 fully saturated rings. The second kappa shape index (κ2) is 7.42. The smallest absolute Gasteiger partial charge is 0.308 e. The summed E-state index contributed by atoms with van der Waals surface area (Å²) in [6.07, 6.45) is 2.94. The average Bonchev–Trinajstić information content (AvgIpc) is 3.45. The number of esters is 3. The molecule has 5 aliphatic rings. The number of carbonyl (C=O) groups is 3. The average molecular weight is 479 g/mol. The van der Waals surface area contributed by atoms with E-state index >= 15 is 0 Å². The molecule has 8 heteroatoms. The Kier molecular flexibility index (Phi) is 5.25. The third kappa shape index (κ3) is 3.06. The van der Waals surface area contributed by atoms with Gasteiger partial charge in [-0.1, -0.05) is 34.1 Å². The van der Waals surface area contributed by atoms with Gasteiger partial charge in [-0.2, -0.15) is 0 Å². The lowest BCUT2D eigenvalue weighted by atomic mass is 9.40. The van der Waals surface area contributed by atoms with Crippen molar-refractivity contribution in [3.63, 3.8) is 0 Å². The van der Waals surface area contributed by atoms with Crippen LogP contribution in [-0.4, -0.2) is 60.1 Å². The topological polar surface area (TPSA) is 101 Å². The molecular weight excluding hydrogens is 440 g/mol. The minimum Gasteiger partial charge on any atom is -0.463 e. The number of cyclic esters (lactones) is 1. The molecule has 0 aromatic heterocycles. The van der Waals surface area contributed by atoms with Crippen molar-refractivity contribution in [1.82, 2.24) is 0 Å². The molecule has 0 radical (unpaired) electrons. The van der Waals surface area contributed by atoms with Crippen molar-refractivity contribution in [2.45, 2.75) is 109 Å². The van der Waals surface area contributed by atoms with E-state index in [1.807, 2.05) is 6.92 Å². The predicted molar refractivity (Wildman–Crippen MR) is 120 cm³/mol. The summed E-state index contributed by atoms with van der Waals surface area (Å²) in [7, 11) is 0. The van der Waals surface area contributed by atoms with Crippen LogP contribution in [0.5, 0.6) is 0 Å². The Morgan fingerprint density at radius 2 is 1.74 bits per heavy atom. The Morgan fingerprint density at radius 3 is 2.29 bits per heavy atom. The second-order valence-electron chi connectivity index (χ2n) is 12.2. The van der Waals surface area contributed by atoms with Crippen molar-refractivity contribution < 1.29 is 38.1 Å². The van der Waals surface area contributed by atoms with Crippen LogP contribution in [0.25, 0.3) is 0 Å². The number of epoxide rings is 1. The third-order valence-electron chi connectivity index (χ3n) is 10.1. The summed E-state index contributed by atoms with van der Waals surface area (Å²) in [6, 6.07) is 0. The van der Waals surface area contributed by atoms with Crippen LogP contribution in [0.2, 0.25) is 0 Å². The van der Waals surface area contributed by atoms with Crippen molar-refractivity contribution in [3.05, 3.63) is 0 Å². The highest BCUT2D eigenvalue weighted by molar-refractivity contribution is 5.73. The lowest BCUT2D eigenvalue weighted by Crippen LogP contribution is -2.79. The number of ether oxygens (including phenoxy) is 5. The van der Waals surface area contributed by atoms with Gasteiger partial charge in [-0.15, -0.1) is 0 Å². The fourth-order valence-corrected chi connectivity index (χ4v) is 7.92. The zero-order valence-corrected chi connectivity index (χ0v) is 21.2. The summed E-state index contributed by atoms with van der Waals surface area (Å²) in [5, 5.41) is 0. The fraction of sp³-hybridized carbons (Fsp3) is 0.885. The lowest BCUT2D eigenvalue weighted by molar-refractivity contribution is -0.355. The van der Waals surface area contributed by atoms with Crippen LogP contribution >= 0.6 is 0 Å². The van der Waals surface area contributed by atoms with E-state index in [9.17, 15) is 14.4 Å². The van der Waals surface area contributed by atoms with Crippen LogP contribution in [0.3, 0.4) is 0 Å². The van der Waals surface area contributed by atoms with E-state index in [1.165, 1.54) is 6.92 Å². The Labute approximate surface area is 201 Å². The van der Waals surface area contributed by atoms with Crippen molar-refractivity contribution in [1.29, 1.82) is 0 Å². The number of rotatable bonds is 3. The predicted octanol–water partition coefficient (Wildman–Crippen LogP) is 3.34. The van der Waals surface area contributed by atoms with E-state index in [0.29, 0.717) is 13.0 Å². The van der Waals surface area contributed by atoms with E-state index in [2.05, 4.69) is 13.8 Å². The van der Waals surface area contributed by atoms with Crippen LogP contribution in [0, 0.1) is 22.7 Å². The van der Waals surface area contributed by atoms with E-state index in [0.717, 1.165) is 25.7 Å². The highest BCUT2D eigenvalue weighted by Crippen LogP contribution is 2.72. The van der Waals surface area contributed by atoms with E-state index in [4.69, 9.17) is 23.7 Å². The standard InChI is InChI=1S/C26H38O8/c1-15(2)21(29)33-20-19(32-16(3)27)23(5)17(8-7-9-26(23)14-31-26)22(4)10-11-25(34-24(20,22)6)12-18(28)30-13-25/h15,17,19-20H,7-14H2,1-6H3/t17-,19+,20+,22-,23+,24+,25?,26+/m1/s1. The van der Waals surface area contributed by atoms with Crippen LogP contribution in [0.1, 0.15) is 80.1 Å². The maximum atomic E-state index is 13.0. The highest BCUT2D eigenvalue weighted by Gasteiger charge is 2.80. The number of hydrogen-bond acceptors (Lipinski definition) is 8. The zero-order chi connectivity index (χ0) is 24.7. The first-order valence-electron chi connectivity index (χ1n) is 12.7. The summed E-state index contributed by atoms with van der Waals surface area (Å²) < 4.78 is 30.8. The van der Waals surface area contributed by atoms with Crippen LogP contribution in [-0.2, 0) is 38.1 Å². The van der Waals surface area contributed by atoms with Gasteiger partial charge in [-0.3, -0.25) is 14.4 Å². The molecule has 0 aromatic rings. The molecule has 0 bridgehead atoms. The minimum atomic E-state index is -0.985. The molecule has 5 rings (SSSR count). The van der Waals surface area contributed by atoms with Crippen molar-refractivity contribution >= 4 is 17.9 Å².